The van der Waals surface area contributed by atoms with Crippen molar-refractivity contribution < 1.29 is 17.2 Å². The molecule has 0 radical (unpaired) electrons. The number of halogens is 2. The maximum Gasteiger partial charge on any atom is 0.249 e. The zero-order valence-electron chi connectivity index (χ0n) is 12.7. The molecule has 2 heterocycles. The van der Waals surface area contributed by atoms with Gasteiger partial charge in [-0.05, 0) is 12.1 Å². The Morgan fingerprint density at radius 1 is 1.17 bits per heavy atom. The Hall–Kier alpha value is -1.62. The van der Waals surface area contributed by atoms with Crippen molar-refractivity contribution in [1.82, 2.24) is 14.2 Å². The van der Waals surface area contributed by atoms with E-state index in [4.69, 9.17) is 5.73 Å². The monoisotopic (exact) mass is 374 g/mol. The Morgan fingerprint density at radius 2 is 1.79 bits per heavy atom. The zero-order valence-corrected chi connectivity index (χ0v) is 14.3. The van der Waals surface area contributed by atoms with E-state index in [-0.39, 0.29) is 13.1 Å². The highest BCUT2D eigenvalue weighted by molar-refractivity contribution is 7.89. The highest BCUT2D eigenvalue weighted by atomic mass is 32.2. The van der Waals surface area contributed by atoms with E-state index < -0.39 is 26.6 Å². The number of nitrogens with two attached hydrogens (primary N) is 1. The van der Waals surface area contributed by atoms with Crippen LogP contribution in [0.2, 0.25) is 0 Å². The lowest BCUT2D eigenvalue weighted by Gasteiger charge is -2.33. The van der Waals surface area contributed by atoms with Crippen molar-refractivity contribution in [3.05, 3.63) is 40.9 Å². The van der Waals surface area contributed by atoms with Gasteiger partial charge in [-0.2, -0.15) is 4.31 Å². The van der Waals surface area contributed by atoms with E-state index >= 15 is 0 Å². The molecule has 1 fully saturated rings. The quantitative estimate of drug-likeness (QED) is 0.878. The Bertz CT molecular complexity index is 813. The molecule has 0 spiro atoms. The summed E-state index contributed by atoms with van der Waals surface area (Å²) in [5, 5.41) is 0.487. The van der Waals surface area contributed by atoms with Crippen LogP contribution < -0.4 is 5.73 Å². The number of piperazine rings is 1. The third kappa shape index (κ3) is 3.41. The summed E-state index contributed by atoms with van der Waals surface area (Å²) in [4.78, 5) is 6.14. The summed E-state index contributed by atoms with van der Waals surface area (Å²) in [7, 11) is -4.19. The Labute approximate surface area is 142 Å². The summed E-state index contributed by atoms with van der Waals surface area (Å²) in [6, 6.07) is 3.03. The van der Waals surface area contributed by atoms with Gasteiger partial charge in [0, 0.05) is 43.8 Å². The van der Waals surface area contributed by atoms with Gasteiger partial charge in [0.05, 0.1) is 0 Å². The largest absolute Gasteiger partial charge is 0.375 e. The first-order valence-corrected chi connectivity index (χ1v) is 9.50. The molecule has 10 heteroatoms. The molecule has 130 valence electrons. The number of nitrogen functional groups attached to an aromatic ring is 1. The van der Waals surface area contributed by atoms with Crippen molar-refractivity contribution in [3.8, 4) is 0 Å². The smallest absolute Gasteiger partial charge is 0.249 e. The van der Waals surface area contributed by atoms with Gasteiger partial charge in [0.15, 0.2) is 10.0 Å². The minimum Gasteiger partial charge on any atom is -0.375 e. The van der Waals surface area contributed by atoms with Gasteiger partial charge in [-0.15, -0.1) is 11.3 Å². The molecule has 0 amide bonds. The van der Waals surface area contributed by atoms with E-state index in [1.807, 2.05) is 0 Å². The number of nitrogens with zero attached hydrogens (tertiary/aromatic N) is 3. The SMILES string of the molecule is Nc1ncc(CN2CCN(S(=O)(=O)c3c(F)cccc3F)CC2)s1. The van der Waals surface area contributed by atoms with Crippen LogP contribution in [0.4, 0.5) is 13.9 Å². The van der Waals surface area contributed by atoms with Crippen LogP contribution in [0.5, 0.6) is 0 Å². The Kier molecular flexibility index (Phi) is 4.81. The number of anilines is 1. The molecule has 6 nitrogen and oxygen atoms in total. The predicted molar refractivity (Wildman–Crippen MR) is 86.9 cm³/mol. The van der Waals surface area contributed by atoms with Gasteiger partial charge in [-0.3, -0.25) is 4.90 Å². The molecule has 0 unspecified atom stereocenters. The maximum atomic E-state index is 13.8. The van der Waals surface area contributed by atoms with Crippen LogP contribution in [0.25, 0.3) is 0 Å². The number of sulfonamides is 1. The first-order chi connectivity index (χ1) is 11.4. The fourth-order valence-corrected chi connectivity index (χ4v) is 4.86. The van der Waals surface area contributed by atoms with Crippen molar-refractivity contribution >= 4 is 26.5 Å². The molecule has 0 saturated carbocycles. The topological polar surface area (TPSA) is 79.5 Å². The third-order valence-electron chi connectivity index (χ3n) is 3.80. The van der Waals surface area contributed by atoms with Crippen LogP contribution in [-0.4, -0.2) is 48.8 Å². The van der Waals surface area contributed by atoms with Crippen molar-refractivity contribution in [2.24, 2.45) is 0 Å². The van der Waals surface area contributed by atoms with E-state index in [2.05, 4.69) is 9.88 Å². The highest BCUT2D eigenvalue weighted by Crippen LogP contribution is 2.24. The third-order valence-corrected chi connectivity index (χ3v) is 6.56. The number of rotatable bonds is 4. The van der Waals surface area contributed by atoms with Gasteiger partial charge in [0.1, 0.15) is 11.6 Å². The molecule has 1 aliphatic rings. The van der Waals surface area contributed by atoms with Crippen LogP contribution in [0.15, 0.2) is 29.3 Å². The summed E-state index contributed by atoms with van der Waals surface area (Å²) in [5.74, 6) is -2.14. The fourth-order valence-electron chi connectivity index (χ4n) is 2.60. The molecule has 2 N–H and O–H groups in total. The summed E-state index contributed by atoms with van der Waals surface area (Å²) in [6.45, 7) is 1.89. The molecular formula is C14H16F2N4O2S2. The molecule has 0 aliphatic carbocycles. The van der Waals surface area contributed by atoms with Crippen molar-refractivity contribution in [2.45, 2.75) is 11.4 Å². The predicted octanol–water partition coefficient (Wildman–Crippen LogP) is 1.51. The molecule has 24 heavy (non-hydrogen) atoms. The Morgan fingerprint density at radius 3 is 2.33 bits per heavy atom. The maximum absolute atomic E-state index is 13.8. The first-order valence-electron chi connectivity index (χ1n) is 7.24. The highest BCUT2D eigenvalue weighted by Gasteiger charge is 2.33. The van der Waals surface area contributed by atoms with Crippen molar-refractivity contribution in [3.63, 3.8) is 0 Å². The number of hydrogen-bond acceptors (Lipinski definition) is 6. The summed E-state index contributed by atoms with van der Waals surface area (Å²) < 4.78 is 53.7. The van der Waals surface area contributed by atoms with Crippen molar-refractivity contribution in [1.29, 1.82) is 0 Å². The molecule has 1 aliphatic heterocycles. The van der Waals surface area contributed by atoms with Gasteiger partial charge in [-0.25, -0.2) is 22.2 Å². The molecule has 1 saturated heterocycles. The second-order valence-corrected chi connectivity index (χ2v) is 8.42. The minimum absolute atomic E-state index is 0.171. The van der Waals surface area contributed by atoms with Gasteiger partial charge in [0.25, 0.3) is 0 Å². The van der Waals surface area contributed by atoms with Gasteiger partial charge in [0.2, 0.25) is 10.0 Å². The lowest BCUT2D eigenvalue weighted by molar-refractivity contribution is 0.182. The summed E-state index contributed by atoms with van der Waals surface area (Å²) >= 11 is 1.38. The fraction of sp³-hybridized carbons (Fsp3) is 0.357. The Balaban J connectivity index is 1.69. The van der Waals surface area contributed by atoms with Crippen LogP contribution in [0.3, 0.4) is 0 Å². The van der Waals surface area contributed by atoms with Gasteiger partial charge >= 0.3 is 0 Å². The lowest BCUT2D eigenvalue weighted by Crippen LogP contribution is -2.48. The minimum atomic E-state index is -4.19. The number of hydrogen-bond donors (Lipinski definition) is 1. The summed E-state index contributed by atoms with van der Waals surface area (Å²) in [6.07, 6.45) is 1.69. The summed E-state index contributed by atoms with van der Waals surface area (Å²) in [5.41, 5.74) is 5.59. The zero-order chi connectivity index (χ0) is 17.3. The van der Waals surface area contributed by atoms with Crippen LogP contribution in [0.1, 0.15) is 4.88 Å². The lowest BCUT2D eigenvalue weighted by atomic mass is 10.3. The molecule has 0 atom stereocenters. The van der Waals surface area contributed by atoms with E-state index in [1.165, 1.54) is 11.3 Å². The average molecular weight is 374 g/mol. The standard InChI is InChI=1S/C14H16F2N4O2S2/c15-11-2-1-3-12(16)13(11)24(21,22)20-6-4-19(5-7-20)9-10-8-18-14(17)23-10/h1-3,8H,4-7,9H2,(H2,17,18). The molecular weight excluding hydrogens is 358 g/mol. The van der Waals surface area contributed by atoms with E-state index in [1.54, 1.807) is 6.20 Å². The van der Waals surface area contributed by atoms with Gasteiger partial charge in [-0.1, -0.05) is 6.07 Å². The second kappa shape index (κ2) is 6.71. The van der Waals surface area contributed by atoms with Gasteiger partial charge < -0.3 is 5.73 Å². The van der Waals surface area contributed by atoms with E-state index in [0.29, 0.717) is 24.8 Å². The first kappa shape index (κ1) is 17.2. The number of thiazole rings is 1. The van der Waals surface area contributed by atoms with E-state index in [9.17, 15) is 17.2 Å². The van der Waals surface area contributed by atoms with Crippen molar-refractivity contribution in [2.75, 3.05) is 31.9 Å². The molecule has 1 aromatic heterocycles. The van der Waals surface area contributed by atoms with E-state index in [0.717, 1.165) is 27.4 Å². The average Bonchev–Trinajstić information content (AvgIpc) is 2.92. The normalized spacial score (nSPS) is 17.2. The molecule has 1 aromatic carbocycles. The van der Waals surface area contributed by atoms with Crippen LogP contribution >= 0.6 is 11.3 Å². The molecule has 0 bridgehead atoms. The molecule has 3 rings (SSSR count). The number of aromatic nitrogens is 1. The van der Waals surface area contributed by atoms with Crippen LogP contribution in [0, 0.1) is 11.6 Å². The van der Waals surface area contributed by atoms with Crippen LogP contribution in [-0.2, 0) is 16.6 Å². The number of benzene rings is 1. The molecule has 2 aromatic rings. The second-order valence-electron chi connectivity index (χ2n) is 5.40.